The molecule has 0 saturated heterocycles. The zero-order chi connectivity index (χ0) is 16.7. The van der Waals surface area contributed by atoms with Crippen LogP contribution in [0.15, 0.2) is 33.6 Å². The van der Waals surface area contributed by atoms with Gasteiger partial charge in [-0.15, -0.1) is 11.3 Å². The molecule has 3 nitrogen and oxygen atoms in total. The molecule has 2 heterocycles. The van der Waals surface area contributed by atoms with Crippen LogP contribution in [-0.2, 0) is 16.0 Å². The van der Waals surface area contributed by atoms with Gasteiger partial charge >= 0.3 is 6.18 Å². The normalized spacial score (nSPS) is 12.9. The van der Waals surface area contributed by atoms with Gasteiger partial charge < -0.3 is 0 Å². The lowest BCUT2D eigenvalue weighted by Crippen LogP contribution is -2.09. The SMILES string of the molecule is CC(C)c1ccc(S(=O)(=O)c2ncc(C(F)(F)F)cc2Cl)s1. The average molecular weight is 370 g/mol. The molecule has 0 N–H and O–H groups in total. The van der Waals surface area contributed by atoms with Gasteiger partial charge in [-0.05, 0) is 24.1 Å². The van der Waals surface area contributed by atoms with Crippen molar-refractivity contribution in [1.82, 2.24) is 4.98 Å². The zero-order valence-corrected chi connectivity index (χ0v) is 13.9. The molecule has 2 rings (SSSR count). The second-order valence-electron chi connectivity index (χ2n) is 4.82. The summed E-state index contributed by atoms with van der Waals surface area (Å²) in [6.45, 7) is 3.82. The van der Waals surface area contributed by atoms with Crippen LogP contribution >= 0.6 is 22.9 Å². The maximum absolute atomic E-state index is 12.6. The molecule has 22 heavy (non-hydrogen) atoms. The van der Waals surface area contributed by atoms with Crippen LogP contribution in [0.4, 0.5) is 13.2 Å². The topological polar surface area (TPSA) is 47.0 Å². The molecule has 2 aromatic rings. The minimum Gasteiger partial charge on any atom is -0.242 e. The van der Waals surface area contributed by atoms with Gasteiger partial charge in [-0.25, -0.2) is 13.4 Å². The van der Waals surface area contributed by atoms with Gasteiger partial charge in [0.1, 0.15) is 4.21 Å². The number of rotatable bonds is 3. The van der Waals surface area contributed by atoms with Crippen molar-refractivity contribution >= 4 is 32.8 Å². The molecule has 0 amide bonds. The van der Waals surface area contributed by atoms with Gasteiger partial charge in [0, 0.05) is 11.1 Å². The van der Waals surface area contributed by atoms with Gasteiger partial charge in [0.15, 0.2) is 5.03 Å². The Balaban J connectivity index is 2.49. The van der Waals surface area contributed by atoms with Crippen molar-refractivity contribution in [3.63, 3.8) is 0 Å². The van der Waals surface area contributed by atoms with Crippen molar-refractivity contribution < 1.29 is 21.6 Å². The molecule has 0 saturated carbocycles. The van der Waals surface area contributed by atoms with E-state index < -0.39 is 31.6 Å². The molecule has 120 valence electrons. The Morgan fingerprint density at radius 2 is 1.91 bits per heavy atom. The smallest absolute Gasteiger partial charge is 0.242 e. The molecular weight excluding hydrogens is 359 g/mol. The summed E-state index contributed by atoms with van der Waals surface area (Å²) in [4.78, 5) is 4.26. The molecule has 0 aliphatic carbocycles. The summed E-state index contributed by atoms with van der Waals surface area (Å²) in [6.07, 6.45) is -4.16. The van der Waals surface area contributed by atoms with Gasteiger partial charge in [0.2, 0.25) is 9.84 Å². The third kappa shape index (κ3) is 3.28. The molecule has 0 bridgehead atoms. The van der Waals surface area contributed by atoms with Crippen LogP contribution in [0.3, 0.4) is 0 Å². The van der Waals surface area contributed by atoms with E-state index in [9.17, 15) is 21.6 Å². The van der Waals surface area contributed by atoms with Crippen molar-refractivity contribution in [3.05, 3.63) is 39.9 Å². The predicted molar refractivity (Wildman–Crippen MR) is 78.1 cm³/mol. The van der Waals surface area contributed by atoms with Crippen molar-refractivity contribution in [1.29, 1.82) is 0 Å². The van der Waals surface area contributed by atoms with Crippen LogP contribution in [0.25, 0.3) is 0 Å². The summed E-state index contributed by atoms with van der Waals surface area (Å²) in [5.74, 6) is 0.144. The number of halogens is 4. The van der Waals surface area contributed by atoms with Gasteiger partial charge in [-0.3, -0.25) is 0 Å². The quantitative estimate of drug-likeness (QED) is 0.782. The highest BCUT2D eigenvalue weighted by Crippen LogP contribution is 2.36. The summed E-state index contributed by atoms with van der Waals surface area (Å²) in [5, 5.41) is -1.12. The van der Waals surface area contributed by atoms with E-state index in [-0.39, 0.29) is 10.1 Å². The van der Waals surface area contributed by atoms with Crippen molar-refractivity contribution in [3.8, 4) is 0 Å². The van der Waals surface area contributed by atoms with Crippen molar-refractivity contribution in [2.75, 3.05) is 0 Å². The Kier molecular flexibility index (Phi) is 4.56. The average Bonchev–Trinajstić information content (AvgIpc) is 2.87. The number of sulfone groups is 1. The van der Waals surface area contributed by atoms with Crippen LogP contribution in [0.1, 0.15) is 30.2 Å². The Morgan fingerprint density at radius 1 is 1.27 bits per heavy atom. The maximum Gasteiger partial charge on any atom is 0.417 e. The largest absolute Gasteiger partial charge is 0.417 e. The highest BCUT2D eigenvalue weighted by molar-refractivity contribution is 7.93. The van der Waals surface area contributed by atoms with Gasteiger partial charge in [-0.1, -0.05) is 25.4 Å². The fourth-order valence-corrected chi connectivity index (χ4v) is 4.78. The maximum atomic E-state index is 12.6. The zero-order valence-electron chi connectivity index (χ0n) is 11.5. The molecule has 2 aromatic heterocycles. The Labute approximate surface area is 134 Å². The number of pyridine rings is 1. The molecule has 0 spiro atoms. The summed E-state index contributed by atoms with van der Waals surface area (Å²) in [7, 11) is -4.04. The van der Waals surface area contributed by atoms with E-state index in [2.05, 4.69) is 4.98 Å². The van der Waals surface area contributed by atoms with Gasteiger partial charge in [-0.2, -0.15) is 13.2 Å². The van der Waals surface area contributed by atoms with E-state index in [1.807, 2.05) is 13.8 Å². The van der Waals surface area contributed by atoms with Crippen LogP contribution in [0, 0.1) is 0 Å². The number of thiophene rings is 1. The Hall–Kier alpha value is -1.12. The molecule has 0 aliphatic rings. The molecule has 0 radical (unpaired) electrons. The minimum absolute atomic E-state index is 0.00496. The second-order valence-corrected chi connectivity index (χ2v) is 8.44. The highest BCUT2D eigenvalue weighted by atomic mass is 35.5. The van der Waals surface area contributed by atoms with Crippen LogP contribution in [-0.4, -0.2) is 13.4 Å². The van der Waals surface area contributed by atoms with Gasteiger partial charge in [0.05, 0.1) is 10.6 Å². The minimum atomic E-state index is -4.63. The molecule has 0 atom stereocenters. The van der Waals surface area contributed by atoms with E-state index in [0.717, 1.165) is 16.2 Å². The molecule has 0 fully saturated rings. The molecular formula is C13H11ClF3NO2S2. The molecule has 0 aliphatic heterocycles. The van der Waals surface area contributed by atoms with E-state index in [1.54, 1.807) is 6.07 Å². The highest BCUT2D eigenvalue weighted by Gasteiger charge is 2.33. The lowest BCUT2D eigenvalue weighted by molar-refractivity contribution is -0.137. The standard InChI is InChI=1S/C13H11ClF3NO2S2/c1-7(2)10-3-4-11(21-10)22(19,20)12-9(14)5-8(6-18-12)13(15,16)17/h3-7H,1-2H3. The number of alkyl halides is 3. The third-order valence-corrected chi connectivity index (χ3v) is 6.81. The number of hydrogen-bond acceptors (Lipinski definition) is 4. The van der Waals surface area contributed by atoms with Crippen LogP contribution in [0.2, 0.25) is 5.02 Å². The van der Waals surface area contributed by atoms with E-state index in [1.165, 1.54) is 6.07 Å². The van der Waals surface area contributed by atoms with Crippen molar-refractivity contribution in [2.45, 2.75) is 35.2 Å². The summed E-state index contributed by atoms with van der Waals surface area (Å²) < 4.78 is 62.6. The summed E-state index contributed by atoms with van der Waals surface area (Å²) in [5.41, 5.74) is -1.09. The Bertz CT molecular complexity index is 798. The summed E-state index contributed by atoms with van der Waals surface area (Å²) >= 11 is 6.75. The monoisotopic (exact) mass is 369 g/mol. The first-order valence-electron chi connectivity index (χ1n) is 6.11. The van der Waals surface area contributed by atoms with Crippen LogP contribution < -0.4 is 0 Å². The molecule has 0 unspecified atom stereocenters. The third-order valence-electron chi connectivity index (χ3n) is 2.83. The first kappa shape index (κ1) is 17.2. The van der Waals surface area contributed by atoms with E-state index in [4.69, 9.17) is 11.6 Å². The number of aromatic nitrogens is 1. The first-order valence-corrected chi connectivity index (χ1v) is 8.79. The lowest BCUT2D eigenvalue weighted by atomic mass is 10.2. The molecule has 0 aromatic carbocycles. The fraction of sp³-hybridized carbons (Fsp3) is 0.308. The summed E-state index contributed by atoms with van der Waals surface area (Å²) in [6, 6.07) is 3.64. The first-order chi connectivity index (χ1) is 10.0. The fourth-order valence-electron chi connectivity index (χ4n) is 1.66. The van der Waals surface area contributed by atoms with E-state index in [0.29, 0.717) is 12.3 Å². The van der Waals surface area contributed by atoms with E-state index >= 15 is 0 Å². The van der Waals surface area contributed by atoms with Crippen LogP contribution in [0.5, 0.6) is 0 Å². The molecule has 9 heteroatoms. The number of nitrogens with zero attached hydrogens (tertiary/aromatic N) is 1. The Morgan fingerprint density at radius 3 is 2.36 bits per heavy atom. The predicted octanol–water partition coefficient (Wildman–Crippen LogP) is 4.77. The number of hydrogen-bond donors (Lipinski definition) is 0. The van der Waals surface area contributed by atoms with Crippen molar-refractivity contribution in [2.24, 2.45) is 0 Å². The second kappa shape index (κ2) is 5.82. The lowest BCUT2D eigenvalue weighted by Gasteiger charge is -2.09. The van der Waals surface area contributed by atoms with Gasteiger partial charge in [0.25, 0.3) is 0 Å².